The fourth-order valence-corrected chi connectivity index (χ4v) is 2.55. The summed E-state index contributed by atoms with van der Waals surface area (Å²) >= 11 is 5.92. The van der Waals surface area contributed by atoms with E-state index >= 15 is 0 Å². The third kappa shape index (κ3) is 3.88. The SMILES string of the molecule is Cn1ncc(C(=O)NCCc2nc(-c3cccc(Cl)c3)no2)c1C(F)F. The predicted octanol–water partition coefficient (Wildman–Crippen LogP) is 3.03. The lowest BCUT2D eigenvalue weighted by molar-refractivity contribution is 0.0936. The second-order valence-electron chi connectivity index (χ2n) is 5.40. The highest BCUT2D eigenvalue weighted by molar-refractivity contribution is 6.30. The van der Waals surface area contributed by atoms with Gasteiger partial charge in [-0.25, -0.2) is 8.78 Å². The molecule has 2 heterocycles. The molecule has 1 aromatic carbocycles. The second kappa shape index (κ2) is 7.61. The van der Waals surface area contributed by atoms with Gasteiger partial charge in [0, 0.05) is 30.6 Å². The van der Waals surface area contributed by atoms with Gasteiger partial charge >= 0.3 is 0 Å². The highest BCUT2D eigenvalue weighted by Crippen LogP contribution is 2.22. The lowest BCUT2D eigenvalue weighted by atomic mass is 10.2. The van der Waals surface area contributed by atoms with Crippen molar-refractivity contribution in [2.24, 2.45) is 7.05 Å². The average Bonchev–Trinajstić information content (AvgIpc) is 3.21. The summed E-state index contributed by atoms with van der Waals surface area (Å²) in [6.45, 7) is 0.146. The van der Waals surface area contributed by atoms with Crippen molar-refractivity contribution in [2.75, 3.05) is 6.54 Å². The van der Waals surface area contributed by atoms with E-state index in [2.05, 4.69) is 20.6 Å². The summed E-state index contributed by atoms with van der Waals surface area (Å²) in [5.41, 5.74) is 0.115. The maximum atomic E-state index is 13.0. The monoisotopic (exact) mass is 381 g/mol. The summed E-state index contributed by atoms with van der Waals surface area (Å²) in [5.74, 6) is 0.0459. The minimum Gasteiger partial charge on any atom is -0.351 e. The Morgan fingerprint density at radius 1 is 1.42 bits per heavy atom. The standard InChI is InChI=1S/C16H14ClF2N5O2/c1-24-13(14(18)19)11(8-21-24)16(25)20-6-5-12-22-15(23-26-12)9-3-2-4-10(17)7-9/h2-4,7-8,14H,5-6H2,1H3,(H,20,25). The first-order valence-electron chi connectivity index (χ1n) is 7.62. The fourth-order valence-electron chi connectivity index (χ4n) is 2.36. The number of amides is 1. The molecule has 136 valence electrons. The van der Waals surface area contributed by atoms with Crippen molar-refractivity contribution in [3.63, 3.8) is 0 Å². The van der Waals surface area contributed by atoms with Gasteiger partial charge in [0.2, 0.25) is 11.7 Å². The molecule has 0 aliphatic heterocycles. The van der Waals surface area contributed by atoms with Gasteiger partial charge in [-0.3, -0.25) is 9.48 Å². The number of carbonyl (C=O) groups is 1. The molecule has 3 rings (SSSR count). The van der Waals surface area contributed by atoms with Crippen LogP contribution in [0.3, 0.4) is 0 Å². The van der Waals surface area contributed by atoms with E-state index in [-0.39, 0.29) is 18.5 Å². The molecule has 10 heteroatoms. The molecule has 26 heavy (non-hydrogen) atoms. The Bertz CT molecular complexity index is 925. The van der Waals surface area contributed by atoms with Crippen molar-refractivity contribution >= 4 is 17.5 Å². The number of rotatable bonds is 6. The van der Waals surface area contributed by atoms with E-state index in [0.29, 0.717) is 22.3 Å². The van der Waals surface area contributed by atoms with Gasteiger partial charge in [-0.05, 0) is 12.1 Å². The maximum absolute atomic E-state index is 13.0. The Morgan fingerprint density at radius 2 is 2.23 bits per heavy atom. The van der Waals surface area contributed by atoms with E-state index in [9.17, 15) is 13.6 Å². The Morgan fingerprint density at radius 3 is 2.96 bits per heavy atom. The van der Waals surface area contributed by atoms with E-state index in [1.807, 2.05) is 0 Å². The van der Waals surface area contributed by atoms with Gasteiger partial charge in [0.25, 0.3) is 12.3 Å². The van der Waals surface area contributed by atoms with Crippen LogP contribution in [0.4, 0.5) is 8.78 Å². The number of hydrogen-bond donors (Lipinski definition) is 1. The molecule has 0 bridgehead atoms. The van der Waals surface area contributed by atoms with Crippen LogP contribution in [0.25, 0.3) is 11.4 Å². The van der Waals surface area contributed by atoms with Gasteiger partial charge in [0.15, 0.2) is 0 Å². The van der Waals surface area contributed by atoms with Crippen molar-refractivity contribution in [1.29, 1.82) is 0 Å². The molecule has 0 saturated carbocycles. The van der Waals surface area contributed by atoms with Gasteiger partial charge in [-0.2, -0.15) is 10.1 Å². The number of nitrogens with one attached hydrogen (secondary N) is 1. The first kappa shape index (κ1) is 18.0. The molecule has 0 aliphatic rings. The number of aryl methyl sites for hydroxylation is 1. The smallest absolute Gasteiger partial charge is 0.280 e. The van der Waals surface area contributed by atoms with Crippen LogP contribution in [-0.2, 0) is 13.5 Å². The molecule has 0 spiro atoms. The Labute approximate surface area is 152 Å². The number of carbonyl (C=O) groups excluding carboxylic acids is 1. The number of aromatic nitrogens is 4. The zero-order valence-corrected chi connectivity index (χ0v) is 14.4. The normalized spacial score (nSPS) is 11.1. The third-order valence-electron chi connectivity index (χ3n) is 3.61. The van der Waals surface area contributed by atoms with E-state index in [0.717, 1.165) is 10.9 Å². The zero-order valence-electron chi connectivity index (χ0n) is 13.6. The highest BCUT2D eigenvalue weighted by Gasteiger charge is 2.23. The van der Waals surface area contributed by atoms with Crippen molar-refractivity contribution in [3.8, 4) is 11.4 Å². The van der Waals surface area contributed by atoms with Crippen LogP contribution in [0.2, 0.25) is 5.02 Å². The molecule has 0 fully saturated rings. The third-order valence-corrected chi connectivity index (χ3v) is 3.85. The van der Waals surface area contributed by atoms with Crippen LogP contribution < -0.4 is 5.32 Å². The number of alkyl halides is 2. The number of benzene rings is 1. The molecular formula is C16H14ClF2N5O2. The lowest BCUT2D eigenvalue weighted by Gasteiger charge is -2.05. The quantitative estimate of drug-likeness (QED) is 0.709. The minimum atomic E-state index is -2.79. The van der Waals surface area contributed by atoms with E-state index in [1.54, 1.807) is 24.3 Å². The number of nitrogens with zero attached hydrogens (tertiary/aromatic N) is 4. The molecular weight excluding hydrogens is 368 g/mol. The first-order chi connectivity index (χ1) is 12.5. The van der Waals surface area contributed by atoms with Crippen LogP contribution in [0.1, 0.15) is 28.4 Å². The molecule has 3 aromatic rings. The van der Waals surface area contributed by atoms with Gasteiger partial charge in [0.1, 0.15) is 5.69 Å². The van der Waals surface area contributed by atoms with E-state index < -0.39 is 18.0 Å². The van der Waals surface area contributed by atoms with Crippen molar-refractivity contribution in [2.45, 2.75) is 12.8 Å². The van der Waals surface area contributed by atoms with Crippen LogP contribution in [0.5, 0.6) is 0 Å². The summed E-state index contributed by atoms with van der Waals surface area (Å²) < 4.78 is 32.1. The molecule has 0 atom stereocenters. The molecule has 7 nitrogen and oxygen atoms in total. The largest absolute Gasteiger partial charge is 0.351 e. The van der Waals surface area contributed by atoms with Crippen LogP contribution in [0.15, 0.2) is 35.0 Å². The Hall–Kier alpha value is -2.81. The molecule has 0 unspecified atom stereocenters. The summed E-state index contributed by atoms with van der Waals surface area (Å²) in [6.07, 6.45) is -1.43. The van der Waals surface area contributed by atoms with Crippen molar-refractivity contribution in [3.05, 3.63) is 52.6 Å². The topological polar surface area (TPSA) is 85.8 Å². The molecule has 1 amide bonds. The second-order valence-corrected chi connectivity index (χ2v) is 5.83. The maximum Gasteiger partial charge on any atom is 0.280 e. The summed E-state index contributed by atoms with van der Waals surface area (Å²) in [5, 5.41) is 10.6. The highest BCUT2D eigenvalue weighted by atomic mass is 35.5. The molecule has 0 radical (unpaired) electrons. The van der Waals surface area contributed by atoms with Gasteiger partial charge in [-0.15, -0.1) is 0 Å². The lowest BCUT2D eigenvalue weighted by Crippen LogP contribution is -2.26. The Balaban J connectivity index is 1.60. The summed E-state index contributed by atoms with van der Waals surface area (Å²) in [4.78, 5) is 16.3. The zero-order chi connectivity index (χ0) is 18.7. The first-order valence-corrected chi connectivity index (χ1v) is 8.00. The van der Waals surface area contributed by atoms with Crippen molar-refractivity contribution < 1.29 is 18.1 Å². The van der Waals surface area contributed by atoms with Crippen LogP contribution in [0, 0.1) is 0 Å². The average molecular weight is 382 g/mol. The molecule has 0 aliphatic carbocycles. The van der Waals surface area contributed by atoms with Crippen LogP contribution >= 0.6 is 11.6 Å². The fraction of sp³-hybridized carbons (Fsp3) is 0.250. The van der Waals surface area contributed by atoms with Gasteiger partial charge in [0.05, 0.1) is 11.8 Å². The van der Waals surface area contributed by atoms with E-state index in [4.69, 9.17) is 16.1 Å². The molecule has 2 aromatic heterocycles. The summed E-state index contributed by atoms with van der Waals surface area (Å²) in [7, 11) is 1.36. The predicted molar refractivity (Wildman–Crippen MR) is 88.9 cm³/mol. The van der Waals surface area contributed by atoms with Crippen LogP contribution in [-0.4, -0.2) is 32.4 Å². The van der Waals surface area contributed by atoms with Crippen molar-refractivity contribution in [1.82, 2.24) is 25.2 Å². The summed E-state index contributed by atoms with van der Waals surface area (Å²) in [6, 6.07) is 6.99. The Kier molecular flexibility index (Phi) is 5.27. The minimum absolute atomic E-state index is 0.146. The number of halogens is 3. The van der Waals surface area contributed by atoms with E-state index in [1.165, 1.54) is 7.05 Å². The molecule has 0 saturated heterocycles. The number of hydrogen-bond acceptors (Lipinski definition) is 5. The van der Waals surface area contributed by atoms with Gasteiger partial charge in [-0.1, -0.05) is 28.9 Å². The molecule has 1 N–H and O–H groups in total. The van der Waals surface area contributed by atoms with Gasteiger partial charge < -0.3 is 9.84 Å².